The summed E-state index contributed by atoms with van der Waals surface area (Å²) in [5.74, 6) is 1.10. The van der Waals surface area contributed by atoms with E-state index in [1.54, 1.807) is 18.2 Å². The lowest BCUT2D eigenvalue weighted by Crippen LogP contribution is -2.29. The molecule has 0 aliphatic carbocycles. The Morgan fingerprint density at radius 1 is 1.38 bits per heavy atom. The Bertz CT molecular complexity index is 398. The van der Waals surface area contributed by atoms with Gasteiger partial charge in [0.15, 0.2) is 0 Å². The predicted molar refractivity (Wildman–Crippen MR) is 63.5 cm³/mol. The molecule has 0 bridgehead atoms. The molecule has 1 aromatic heterocycles. The van der Waals surface area contributed by atoms with Gasteiger partial charge in [-0.1, -0.05) is 31.5 Å². The number of likely N-dealkylation sites (tertiary alicyclic amines) is 1. The van der Waals surface area contributed by atoms with Crippen molar-refractivity contribution in [3.05, 3.63) is 29.0 Å². The largest absolute Gasteiger partial charge is 0.337 e. The maximum absolute atomic E-state index is 12.1. The van der Waals surface area contributed by atoms with Gasteiger partial charge in [-0.2, -0.15) is 0 Å². The fourth-order valence-electron chi connectivity index (χ4n) is 1.98. The van der Waals surface area contributed by atoms with Gasteiger partial charge in [0.25, 0.3) is 5.91 Å². The van der Waals surface area contributed by atoms with Crippen molar-refractivity contribution in [3.63, 3.8) is 0 Å². The second-order valence-electron chi connectivity index (χ2n) is 4.51. The summed E-state index contributed by atoms with van der Waals surface area (Å²) in [5.41, 5.74) is 0.439. The van der Waals surface area contributed by atoms with E-state index in [1.165, 1.54) is 0 Å². The van der Waals surface area contributed by atoms with Crippen LogP contribution < -0.4 is 0 Å². The summed E-state index contributed by atoms with van der Waals surface area (Å²) < 4.78 is 0. The molecule has 86 valence electrons. The SMILES string of the molecule is CC1CN(C(=O)c2cccc(Cl)n2)CC1C. The van der Waals surface area contributed by atoms with E-state index < -0.39 is 0 Å². The van der Waals surface area contributed by atoms with Gasteiger partial charge >= 0.3 is 0 Å². The van der Waals surface area contributed by atoms with Gasteiger partial charge in [0.1, 0.15) is 10.8 Å². The fourth-order valence-corrected chi connectivity index (χ4v) is 2.15. The van der Waals surface area contributed by atoms with Crippen molar-refractivity contribution in [1.29, 1.82) is 0 Å². The van der Waals surface area contributed by atoms with Crippen molar-refractivity contribution in [1.82, 2.24) is 9.88 Å². The van der Waals surface area contributed by atoms with E-state index in [9.17, 15) is 4.79 Å². The van der Waals surface area contributed by atoms with Crippen molar-refractivity contribution in [3.8, 4) is 0 Å². The van der Waals surface area contributed by atoms with Crippen molar-refractivity contribution < 1.29 is 4.79 Å². The number of amides is 1. The van der Waals surface area contributed by atoms with Gasteiger partial charge < -0.3 is 4.90 Å². The highest BCUT2D eigenvalue weighted by molar-refractivity contribution is 6.29. The standard InChI is InChI=1S/C12H15ClN2O/c1-8-6-15(7-9(8)2)12(16)10-4-3-5-11(13)14-10/h3-5,8-9H,6-7H2,1-2H3. The highest BCUT2D eigenvalue weighted by Gasteiger charge is 2.30. The highest BCUT2D eigenvalue weighted by atomic mass is 35.5. The number of carbonyl (C=O) groups is 1. The number of hydrogen-bond acceptors (Lipinski definition) is 2. The zero-order valence-corrected chi connectivity index (χ0v) is 10.2. The van der Waals surface area contributed by atoms with Gasteiger partial charge in [0.05, 0.1) is 0 Å². The van der Waals surface area contributed by atoms with E-state index in [0.29, 0.717) is 22.7 Å². The van der Waals surface area contributed by atoms with Crippen molar-refractivity contribution in [2.75, 3.05) is 13.1 Å². The van der Waals surface area contributed by atoms with Crippen LogP contribution >= 0.6 is 11.6 Å². The van der Waals surface area contributed by atoms with Crippen LogP contribution in [-0.4, -0.2) is 28.9 Å². The molecule has 2 atom stereocenters. The zero-order chi connectivity index (χ0) is 11.7. The maximum Gasteiger partial charge on any atom is 0.272 e. The Labute approximate surface area is 100 Å². The van der Waals surface area contributed by atoms with Gasteiger partial charge in [-0.15, -0.1) is 0 Å². The lowest BCUT2D eigenvalue weighted by Gasteiger charge is -2.15. The molecule has 1 aliphatic heterocycles. The molecular weight excluding hydrogens is 224 g/mol. The van der Waals surface area contributed by atoms with Crippen LogP contribution in [0.5, 0.6) is 0 Å². The first kappa shape index (κ1) is 11.4. The molecule has 0 spiro atoms. The van der Waals surface area contributed by atoms with E-state index in [1.807, 2.05) is 4.90 Å². The number of hydrogen-bond donors (Lipinski definition) is 0. The van der Waals surface area contributed by atoms with E-state index in [-0.39, 0.29) is 5.91 Å². The number of pyridine rings is 1. The fraction of sp³-hybridized carbons (Fsp3) is 0.500. The smallest absolute Gasteiger partial charge is 0.272 e. The van der Waals surface area contributed by atoms with Gasteiger partial charge in [0.2, 0.25) is 0 Å². The summed E-state index contributed by atoms with van der Waals surface area (Å²) in [4.78, 5) is 18.0. The minimum Gasteiger partial charge on any atom is -0.337 e. The second-order valence-corrected chi connectivity index (χ2v) is 4.90. The third kappa shape index (κ3) is 2.19. The molecule has 3 nitrogen and oxygen atoms in total. The number of rotatable bonds is 1. The third-order valence-electron chi connectivity index (χ3n) is 3.21. The molecule has 4 heteroatoms. The minimum absolute atomic E-state index is 0.0151. The second kappa shape index (κ2) is 4.42. The molecular formula is C12H15ClN2O. The van der Waals surface area contributed by atoms with Crippen LogP contribution in [0, 0.1) is 11.8 Å². The average Bonchev–Trinajstić information content (AvgIpc) is 2.58. The molecule has 1 amide bonds. The van der Waals surface area contributed by atoms with Crippen LogP contribution in [0.1, 0.15) is 24.3 Å². The Kier molecular flexibility index (Phi) is 3.15. The van der Waals surface area contributed by atoms with Crippen LogP contribution in [0.25, 0.3) is 0 Å². The number of nitrogens with zero attached hydrogens (tertiary/aromatic N) is 2. The molecule has 16 heavy (non-hydrogen) atoms. The lowest BCUT2D eigenvalue weighted by molar-refractivity contribution is 0.0779. The van der Waals surface area contributed by atoms with Crippen LogP contribution in [-0.2, 0) is 0 Å². The summed E-state index contributed by atoms with van der Waals surface area (Å²) in [5, 5.41) is 0.367. The molecule has 1 saturated heterocycles. The third-order valence-corrected chi connectivity index (χ3v) is 3.42. The minimum atomic E-state index is -0.0151. The molecule has 0 N–H and O–H groups in total. The number of halogens is 1. The predicted octanol–water partition coefficient (Wildman–Crippen LogP) is 2.46. The first-order valence-electron chi connectivity index (χ1n) is 5.49. The zero-order valence-electron chi connectivity index (χ0n) is 9.48. The number of aromatic nitrogens is 1. The van der Waals surface area contributed by atoms with E-state index >= 15 is 0 Å². The summed E-state index contributed by atoms with van der Waals surface area (Å²) in [6, 6.07) is 5.14. The molecule has 1 fully saturated rings. The summed E-state index contributed by atoms with van der Waals surface area (Å²) >= 11 is 5.77. The average molecular weight is 239 g/mol. The normalized spacial score (nSPS) is 24.8. The van der Waals surface area contributed by atoms with Crippen molar-refractivity contribution in [2.24, 2.45) is 11.8 Å². The Morgan fingerprint density at radius 3 is 2.56 bits per heavy atom. The maximum atomic E-state index is 12.1. The quantitative estimate of drug-likeness (QED) is 0.705. The van der Waals surface area contributed by atoms with Gasteiger partial charge in [-0.3, -0.25) is 4.79 Å². The molecule has 2 unspecified atom stereocenters. The first-order valence-corrected chi connectivity index (χ1v) is 5.87. The Morgan fingerprint density at radius 2 is 2.00 bits per heavy atom. The summed E-state index contributed by atoms with van der Waals surface area (Å²) in [7, 11) is 0. The van der Waals surface area contributed by atoms with Gasteiger partial charge in [-0.25, -0.2) is 4.98 Å². The topological polar surface area (TPSA) is 33.2 Å². The van der Waals surface area contributed by atoms with Gasteiger partial charge in [0, 0.05) is 13.1 Å². The molecule has 2 heterocycles. The lowest BCUT2D eigenvalue weighted by atomic mass is 10.0. The molecule has 0 aromatic carbocycles. The van der Waals surface area contributed by atoms with E-state index in [0.717, 1.165) is 13.1 Å². The van der Waals surface area contributed by atoms with E-state index in [4.69, 9.17) is 11.6 Å². The van der Waals surface area contributed by atoms with E-state index in [2.05, 4.69) is 18.8 Å². The van der Waals surface area contributed by atoms with Crippen molar-refractivity contribution in [2.45, 2.75) is 13.8 Å². The summed E-state index contributed by atoms with van der Waals surface area (Å²) in [6.45, 7) is 5.97. The molecule has 1 aliphatic rings. The van der Waals surface area contributed by atoms with Crippen LogP contribution in [0.3, 0.4) is 0 Å². The Hall–Kier alpha value is -1.09. The Balaban J connectivity index is 2.14. The molecule has 1 aromatic rings. The van der Waals surface area contributed by atoms with Gasteiger partial charge in [-0.05, 0) is 24.0 Å². The molecule has 0 radical (unpaired) electrons. The summed E-state index contributed by atoms with van der Waals surface area (Å²) in [6.07, 6.45) is 0. The number of carbonyl (C=O) groups excluding carboxylic acids is 1. The molecule has 0 saturated carbocycles. The molecule has 2 rings (SSSR count). The first-order chi connectivity index (χ1) is 7.58. The van der Waals surface area contributed by atoms with Crippen LogP contribution in [0.4, 0.5) is 0 Å². The van der Waals surface area contributed by atoms with Crippen LogP contribution in [0.2, 0.25) is 5.15 Å². The monoisotopic (exact) mass is 238 g/mol. The highest BCUT2D eigenvalue weighted by Crippen LogP contribution is 2.23. The van der Waals surface area contributed by atoms with Crippen LogP contribution in [0.15, 0.2) is 18.2 Å². The van der Waals surface area contributed by atoms with Crippen molar-refractivity contribution >= 4 is 17.5 Å².